The molecule has 0 aliphatic carbocycles. The highest BCUT2D eigenvalue weighted by atomic mass is 16.6. The predicted octanol–water partition coefficient (Wildman–Crippen LogP) is 2.70. The lowest BCUT2D eigenvalue weighted by molar-refractivity contribution is 0.159. The fourth-order valence-electron chi connectivity index (χ4n) is 2.41. The number of carbonyl (C=O) groups excluding carboxylic acids is 1. The third-order valence-electron chi connectivity index (χ3n) is 3.18. The van der Waals surface area contributed by atoms with Crippen molar-refractivity contribution in [3.63, 3.8) is 0 Å². The largest absolute Gasteiger partial charge is 0.449 e. The van der Waals surface area contributed by atoms with Gasteiger partial charge in [0.05, 0.1) is 12.3 Å². The van der Waals surface area contributed by atoms with Crippen LogP contribution in [-0.2, 0) is 4.74 Å². The Balaban J connectivity index is 2.27. The molecular weight excluding hydrogens is 228 g/mol. The molecule has 1 aliphatic heterocycles. The van der Waals surface area contributed by atoms with Gasteiger partial charge in [0.2, 0.25) is 0 Å². The number of hydrogen-bond acceptors (Lipinski definition) is 3. The number of rotatable bonds is 3. The van der Waals surface area contributed by atoms with Gasteiger partial charge in [-0.2, -0.15) is 0 Å². The van der Waals surface area contributed by atoms with Crippen LogP contribution in [0.15, 0.2) is 24.3 Å². The first-order chi connectivity index (χ1) is 8.77. The van der Waals surface area contributed by atoms with Crippen LogP contribution in [0.2, 0.25) is 0 Å². The normalized spacial score (nSPS) is 18.3. The van der Waals surface area contributed by atoms with Crippen LogP contribution in [0.1, 0.15) is 31.9 Å². The molecule has 0 radical (unpaired) electrons. The van der Waals surface area contributed by atoms with Gasteiger partial charge in [-0.05, 0) is 31.5 Å². The minimum atomic E-state index is -0.250. The molecule has 18 heavy (non-hydrogen) atoms. The SMILES string of the molecule is CCNC1CCN(C(=O)OCC)c2ccccc21. The van der Waals surface area contributed by atoms with Gasteiger partial charge in [0, 0.05) is 12.6 Å². The molecular formula is C14H20N2O2. The van der Waals surface area contributed by atoms with Crippen molar-refractivity contribution in [3.8, 4) is 0 Å². The Hall–Kier alpha value is -1.55. The van der Waals surface area contributed by atoms with Gasteiger partial charge >= 0.3 is 6.09 Å². The summed E-state index contributed by atoms with van der Waals surface area (Å²) < 4.78 is 5.10. The van der Waals surface area contributed by atoms with Crippen molar-refractivity contribution < 1.29 is 9.53 Å². The van der Waals surface area contributed by atoms with Gasteiger partial charge in [-0.1, -0.05) is 25.1 Å². The van der Waals surface area contributed by atoms with Gasteiger partial charge in [-0.15, -0.1) is 0 Å². The summed E-state index contributed by atoms with van der Waals surface area (Å²) in [5, 5.41) is 3.45. The molecule has 98 valence electrons. The average molecular weight is 248 g/mol. The molecule has 1 aromatic rings. The van der Waals surface area contributed by atoms with E-state index in [0.29, 0.717) is 19.2 Å². The smallest absolute Gasteiger partial charge is 0.414 e. The van der Waals surface area contributed by atoms with Crippen LogP contribution in [0.25, 0.3) is 0 Å². The predicted molar refractivity (Wildman–Crippen MR) is 71.8 cm³/mol. The van der Waals surface area contributed by atoms with Crippen LogP contribution in [0.4, 0.5) is 10.5 Å². The molecule has 1 aliphatic rings. The van der Waals surface area contributed by atoms with Crippen LogP contribution in [0.5, 0.6) is 0 Å². The summed E-state index contributed by atoms with van der Waals surface area (Å²) in [7, 11) is 0. The Bertz CT molecular complexity index is 420. The first-order valence-electron chi connectivity index (χ1n) is 6.54. The summed E-state index contributed by atoms with van der Waals surface area (Å²) >= 11 is 0. The molecule has 1 aromatic carbocycles. The van der Waals surface area contributed by atoms with E-state index in [9.17, 15) is 4.79 Å². The zero-order valence-electron chi connectivity index (χ0n) is 11.0. The van der Waals surface area contributed by atoms with Crippen LogP contribution in [0, 0.1) is 0 Å². The molecule has 4 nitrogen and oxygen atoms in total. The molecule has 0 saturated carbocycles. The number of anilines is 1. The second-order valence-corrected chi connectivity index (χ2v) is 4.31. The summed E-state index contributed by atoms with van der Waals surface area (Å²) in [6.07, 6.45) is 0.670. The van der Waals surface area contributed by atoms with Gasteiger partial charge in [0.25, 0.3) is 0 Å². The fraction of sp³-hybridized carbons (Fsp3) is 0.500. The van der Waals surface area contributed by atoms with Crippen molar-refractivity contribution in [1.29, 1.82) is 0 Å². The van der Waals surface area contributed by atoms with E-state index in [4.69, 9.17) is 4.74 Å². The lowest BCUT2D eigenvalue weighted by Gasteiger charge is -2.33. The van der Waals surface area contributed by atoms with E-state index in [1.807, 2.05) is 25.1 Å². The van der Waals surface area contributed by atoms with Crippen LogP contribution in [0.3, 0.4) is 0 Å². The molecule has 0 fully saturated rings. The number of hydrogen-bond donors (Lipinski definition) is 1. The number of nitrogens with zero attached hydrogens (tertiary/aromatic N) is 1. The lowest BCUT2D eigenvalue weighted by Crippen LogP contribution is -2.40. The van der Waals surface area contributed by atoms with E-state index < -0.39 is 0 Å². The molecule has 2 rings (SSSR count). The standard InChI is InChI=1S/C14H20N2O2/c1-3-15-12-9-10-16(14(17)18-4-2)13-8-6-5-7-11(12)13/h5-8,12,15H,3-4,9-10H2,1-2H3. The van der Waals surface area contributed by atoms with Gasteiger partial charge < -0.3 is 10.1 Å². The molecule has 1 amide bonds. The van der Waals surface area contributed by atoms with E-state index in [1.165, 1.54) is 5.56 Å². The number of nitrogens with one attached hydrogen (secondary N) is 1. The third-order valence-corrected chi connectivity index (χ3v) is 3.18. The van der Waals surface area contributed by atoms with Crippen molar-refractivity contribution in [1.82, 2.24) is 5.32 Å². The van der Waals surface area contributed by atoms with Crippen molar-refractivity contribution >= 4 is 11.8 Å². The van der Waals surface area contributed by atoms with E-state index in [2.05, 4.69) is 18.3 Å². The number of fused-ring (bicyclic) bond motifs is 1. The van der Waals surface area contributed by atoms with Crippen molar-refractivity contribution in [2.24, 2.45) is 0 Å². The Labute approximate surface area is 108 Å². The minimum absolute atomic E-state index is 0.250. The minimum Gasteiger partial charge on any atom is -0.449 e. The third kappa shape index (κ3) is 2.48. The molecule has 0 bridgehead atoms. The number of benzene rings is 1. The summed E-state index contributed by atoms with van der Waals surface area (Å²) in [6.45, 7) is 5.97. The van der Waals surface area contributed by atoms with Crippen LogP contribution < -0.4 is 10.2 Å². The van der Waals surface area contributed by atoms with Gasteiger partial charge in [0.15, 0.2) is 0 Å². The second kappa shape index (κ2) is 5.87. The van der Waals surface area contributed by atoms with Gasteiger partial charge in [-0.25, -0.2) is 4.79 Å². The molecule has 4 heteroatoms. The molecule has 1 atom stereocenters. The molecule has 0 spiro atoms. The van der Waals surface area contributed by atoms with Gasteiger partial charge in [-0.3, -0.25) is 4.90 Å². The Morgan fingerprint density at radius 3 is 2.94 bits per heavy atom. The van der Waals surface area contributed by atoms with Crippen molar-refractivity contribution in [3.05, 3.63) is 29.8 Å². The van der Waals surface area contributed by atoms with Crippen LogP contribution >= 0.6 is 0 Å². The number of carbonyl (C=O) groups is 1. The highest BCUT2D eigenvalue weighted by molar-refractivity contribution is 5.89. The summed E-state index contributed by atoms with van der Waals surface area (Å²) in [4.78, 5) is 13.6. The maximum absolute atomic E-state index is 11.9. The summed E-state index contributed by atoms with van der Waals surface area (Å²) in [5.41, 5.74) is 2.15. The van der Waals surface area contributed by atoms with Gasteiger partial charge in [0.1, 0.15) is 0 Å². The Kier molecular flexibility index (Phi) is 4.20. The topological polar surface area (TPSA) is 41.6 Å². The summed E-state index contributed by atoms with van der Waals surface area (Å²) in [6, 6.07) is 8.36. The maximum Gasteiger partial charge on any atom is 0.414 e. The highest BCUT2D eigenvalue weighted by Gasteiger charge is 2.28. The monoisotopic (exact) mass is 248 g/mol. The lowest BCUT2D eigenvalue weighted by atomic mass is 9.96. The van der Waals surface area contributed by atoms with E-state index in [0.717, 1.165) is 18.7 Å². The second-order valence-electron chi connectivity index (χ2n) is 4.31. The molecule has 1 N–H and O–H groups in total. The van der Waals surface area contributed by atoms with Crippen molar-refractivity contribution in [2.45, 2.75) is 26.3 Å². The Morgan fingerprint density at radius 2 is 2.22 bits per heavy atom. The number of ether oxygens (including phenoxy) is 1. The first kappa shape index (κ1) is 12.9. The maximum atomic E-state index is 11.9. The molecule has 1 unspecified atom stereocenters. The zero-order valence-corrected chi connectivity index (χ0v) is 11.0. The number of para-hydroxylation sites is 1. The Morgan fingerprint density at radius 1 is 1.44 bits per heavy atom. The fourth-order valence-corrected chi connectivity index (χ4v) is 2.41. The van der Waals surface area contributed by atoms with Crippen molar-refractivity contribution in [2.75, 3.05) is 24.6 Å². The highest BCUT2D eigenvalue weighted by Crippen LogP contribution is 2.33. The van der Waals surface area contributed by atoms with Crippen LogP contribution in [-0.4, -0.2) is 25.8 Å². The first-order valence-corrected chi connectivity index (χ1v) is 6.54. The van der Waals surface area contributed by atoms with E-state index in [-0.39, 0.29) is 6.09 Å². The average Bonchev–Trinajstić information content (AvgIpc) is 2.39. The molecule has 0 aromatic heterocycles. The van der Waals surface area contributed by atoms with E-state index in [1.54, 1.807) is 4.90 Å². The molecule has 1 heterocycles. The van der Waals surface area contributed by atoms with E-state index >= 15 is 0 Å². The molecule has 0 saturated heterocycles. The quantitative estimate of drug-likeness (QED) is 0.894. The zero-order chi connectivity index (χ0) is 13.0. The summed E-state index contributed by atoms with van der Waals surface area (Å²) in [5.74, 6) is 0. The number of amides is 1.